The highest BCUT2D eigenvalue weighted by Gasteiger charge is 2.56. The number of aliphatic hydroxyl groups excluding tert-OH is 4. The summed E-state index contributed by atoms with van der Waals surface area (Å²) in [5.41, 5.74) is 4.37. The molecule has 30 heavy (non-hydrogen) atoms. The van der Waals surface area contributed by atoms with Crippen molar-refractivity contribution in [1.29, 1.82) is 0 Å². The Balaban J connectivity index is 2.09. The molecule has 0 bridgehead atoms. The Bertz CT molecular complexity index is 884. The Kier molecular flexibility index (Phi) is 6.62. The number of hydrogen-bond acceptors (Lipinski definition) is 7. The van der Waals surface area contributed by atoms with Crippen molar-refractivity contribution in [3.05, 3.63) is 64.0 Å². The summed E-state index contributed by atoms with van der Waals surface area (Å²) in [6.07, 6.45) is -6.26. The van der Waals surface area contributed by atoms with Crippen molar-refractivity contribution in [2.24, 2.45) is 0 Å². The van der Waals surface area contributed by atoms with Crippen LogP contribution in [-0.2, 0) is 23.4 Å². The van der Waals surface area contributed by atoms with Gasteiger partial charge in [-0.15, -0.1) is 0 Å². The molecule has 0 saturated carbocycles. The third kappa shape index (κ3) is 4.14. The van der Waals surface area contributed by atoms with Crippen LogP contribution in [0.15, 0.2) is 30.3 Å². The van der Waals surface area contributed by atoms with Gasteiger partial charge in [-0.1, -0.05) is 31.2 Å². The van der Waals surface area contributed by atoms with Crippen LogP contribution in [0.5, 0.6) is 0 Å². The minimum Gasteiger partial charge on any atom is -0.391 e. The maximum Gasteiger partial charge on any atom is 0.240 e. The fourth-order valence-corrected chi connectivity index (χ4v) is 4.02. The number of benzene rings is 1. The fraction of sp³-hybridized carbons (Fsp3) is 0.522. The molecule has 3 rings (SSSR count). The molecule has 7 nitrogen and oxygen atoms in total. The molecule has 5 N–H and O–H groups in total. The summed E-state index contributed by atoms with van der Waals surface area (Å²) in [7, 11) is 0. The zero-order valence-electron chi connectivity index (χ0n) is 17.8. The SMILES string of the molecule is CCc1ccc(Cc2c(C)cc(C)nc2[C@@]2(O)O[C@H]([C@H](C)O)[C@@H](O)[C@H](O)[C@H]2O)cc1. The second-order valence-electron chi connectivity index (χ2n) is 8.20. The van der Waals surface area contributed by atoms with Gasteiger partial charge >= 0.3 is 0 Å². The van der Waals surface area contributed by atoms with Crippen LogP contribution in [0, 0.1) is 13.8 Å². The van der Waals surface area contributed by atoms with Crippen molar-refractivity contribution in [2.45, 2.75) is 76.8 Å². The van der Waals surface area contributed by atoms with Crippen LogP contribution in [0.4, 0.5) is 0 Å². The topological polar surface area (TPSA) is 123 Å². The van der Waals surface area contributed by atoms with Crippen molar-refractivity contribution >= 4 is 0 Å². The molecule has 1 saturated heterocycles. The van der Waals surface area contributed by atoms with E-state index in [1.807, 2.05) is 37.3 Å². The number of nitrogens with zero attached hydrogens (tertiary/aromatic N) is 1. The Hall–Kier alpha value is -1.87. The second-order valence-corrected chi connectivity index (χ2v) is 8.20. The highest BCUT2D eigenvalue weighted by Crippen LogP contribution is 2.39. The number of hydrogen-bond donors (Lipinski definition) is 5. The molecule has 164 valence electrons. The molecular formula is C23H31NO6. The lowest BCUT2D eigenvalue weighted by Crippen LogP contribution is -2.65. The van der Waals surface area contributed by atoms with E-state index >= 15 is 0 Å². The molecule has 2 aromatic rings. The molecule has 1 aliphatic rings. The first kappa shape index (κ1) is 22.8. The lowest BCUT2D eigenvalue weighted by molar-refractivity contribution is -0.365. The summed E-state index contributed by atoms with van der Waals surface area (Å²) in [5, 5.41) is 52.6. The number of aromatic nitrogens is 1. The van der Waals surface area contributed by atoms with E-state index in [1.54, 1.807) is 6.92 Å². The molecule has 7 heteroatoms. The molecule has 0 amide bonds. The first-order chi connectivity index (χ1) is 14.1. The van der Waals surface area contributed by atoms with Gasteiger partial charge in [0.15, 0.2) is 0 Å². The van der Waals surface area contributed by atoms with Crippen molar-refractivity contribution in [2.75, 3.05) is 0 Å². The Morgan fingerprint density at radius 1 is 1.07 bits per heavy atom. The smallest absolute Gasteiger partial charge is 0.240 e. The summed E-state index contributed by atoms with van der Waals surface area (Å²) in [4.78, 5) is 4.45. The molecule has 0 unspecified atom stereocenters. The van der Waals surface area contributed by atoms with Gasteiger partial charge in [-0.3, -0.25) is 4.98 Å². The fourth-order valence-electron chi connectivity index (χ4n) is 4.02. The van der Waals surface area contributed by atoms with Crippen molar-refractivity contribution in [1.82, 2.24) is 4.98 Å². The van der Waals surface area contributed by atoms with Crippen LogP contribution in [-0.4, -0.2) is 61.0 Å². The van der Waals surface area contributed by atoms with Crippen LogP contribution in [0.1, 0.15) is 47.5 Å². The molecule has 1 aromatic carbocycles. The third-order valence-corrected chi connectivity index (χ3v) is 5.83. The van der Waals surface area contributed by atoms with Gasteiger partial charge in [0.25, 0.3) is 0 Å². The van der Waals surface area contributed by atoms with E-state index in [1.165, 1.54) is 12.5 Å². The highest BCUT2D eigenvalue weighted by molar-refractivity contribution is 5.40. The summed E-state index contributed by atoms with van der Waals surface area (Å²) >= 11 is 0. The number of rotatable bonds is 5. The number of aliphatic hydroxyl groups is 5. The average Bonchev–Trinajstić information content (AvgIpc) is 2.71. The van der Waals surface area contributed by atoms with Crippen molar-refractivity contribution in [3.8, 4) is 0 Å². The summed E-state index contributed by atoms with van der Waals surface area (Å²) in [5.74, 6) is -2.39. The monoisotopic (exact) mass is 417 g/mol. The Labute approximate surface area is 176 Å². The number of aryl methyl sites for hydroxylation is 3. The van der Waals surface area contributed by atoms with Gasteiger partial charge in [-0.25, -0.2) is 0 Å². The first-order valence-electron chi connectivity index (χ1n) is 10.3. The molecule has 1 fully saturated rings. The summed E-state index contributed by atoms with van der Waals surface area (Å²) in [6.45, 7) is 7.09. The van der Waals surface area contributed by atoms with Gasteiger partial charge in [-0.05, 0) is 61.9 Å². The predicted octanol–water partition coefficient (Wildman–Crippen LogP) is 0.859. The van der Waals surface area contributed by atoms with E-state index in [9.17, 15) is 25.5 Å². The van der Waals surface area contributed by atoms with Crippen LogP contribution in [0.25, 0.3) is 0 Å². The number of pyridine rings is 1. The average molecular weight is 418 g/mol. The lowest BCUT2D eigenvalue weighted by atomic mass is 9.85. The first-order valence-corrected chi connectivity index (χ1v) is 10.3. The van der Waals surface area contributed by atoms with E-state index in [-0.39, 0.29) is 5.69 Å². The molecule has 2 heterocycles. The summed E-state index contributed by atoms with van der Waals surface area (Å²) in [6, 6.07) is 9.95. The minimum atomic E-state index is -2.39. The molecule has 1 aromatic heterocycles. The van der Waals surface area contributed by atoms with Gasteiger partial charge < -0.3 is 30.3 Å². The van der Waals surface area contributed by atoms with E-state index in [2.05, 4.69) is 11.9 Å². The third-order valence-electron chi connectivity index (χ3n) is 5.83. The van der Waals surface area contributed by atoms with Crippen LogP contribution in [0.3, 0.4) is 0 Å². The quantitative estimate of drug-likeness (QED) is 0.489. The van der Waals surface area contributed by atoms with Gasteiger partial charge in [-0.2, -0.15) is 0 Å². The van der Waals surface area contributed by atoms with Gasteiger partial charge in [0.1, 0.15) is 30.1 Å². The van der Waals surface area contributed by atoms with E-state index in [0.29, 0.717) is 17.7 Å². The van der Waals surface area contributed by atoms with Gasteiger partial charge in [0.05, 0.1) is 6.10 Å². The van der Waals surface area contributed by atoms with E-state index in [0.717, 1.165) is 17.5 Å². The van der Waals surface area contributed by atoms with Crippen LogP contribution < -0.4 is 0 Å². The highest BCUT2D eigenvalue weighted by atomic mass is 16.7. The second kappa shape index (κ2) is 8.70. The standard InChI is InChI=1S/C23H31NO6/c1-5-15-6-8-16(9-7-15)11-17-12(2)10-13(3)24-21(17)23(29)22(28)19(27)18(26)20(30-23)14(4)25/h6-10,14,18-20,22,25-29H,5,11H2,1-4H3/t14-,18-,19-,20+,22+,23+/m0/s1. The molecule has 6 atom stereocenters. The van der Waals surface area contributed by atoms with E-state index in [4.69, 9.17) is 4.74 Å². The predicted molar refractivity (Wildman–Crippen MR) is 111 cm³/mol. The molecule has 1 aliphatic heterocycles. The lowest BCUT2D eigenvalue weighted by Gasteiger charge is -2.46. The largest absolute Gasteiger partial charge is 0.391 e. The van der Waals surface area contributed by atoms with E-state index < -0.39 is 36.3 Å². The maximum atomic E-state index is 11.4. The summed E-state index contributed by atoms with van der Waals surface area (Å²) < 4.78 is 5.62. The molecular weight excluding hydrogens is 386 g/mol. The molecule has 0 spiro atoms. The zero-order chi connectivity index (χ0) is 22.2. The van der Waals surface area contributed by atoms with Crippen molar-refractivity contribution < 1.29 is 30.3 Å². The maximum absolute atomic E-state index is 11.4. The van der Waals surface area contributed by atoms with Crippen molar-refractivity contribution in [3.63, 3.8) is 0 Å². The van der Waals surface area contributed by atoms with Crippen LogP contribution >= 0.6 is 0 Å². The minimum absolute atomic E-state index is 0.0728. The molecule has 0 aliphatic carbocycles. The van der Waals surface area contributed by atoms with Gasteiger partial charge in [0.2, 0.25) is 5.79 Å². The van der Waals surface area contributed by atoms with Gasteiger partial charge in [0, 0.05) is 5.69 Å². The Morgan fingerprint density at radius 3 is 2.23 bits per heavy atom. The number of ether oxygens (including phenoxy) is 1. The normalized spacial score (nSPS) is 30.3. The molecule has 0 radical (unpaired) electrons. The Morgan fingerprint density at radius 2 is 1.67 bits per heavy atom. The van der Waals surface area contributed by atoms with Crippen LogP contribution in [0.2, 0.25) is 0 Å². The zero-order valence-corrected chi connectivity index (χ0v) is 17.8.